The monoisotopic (exact) mass is 195 g/mol. The zero-order valence-electron chi connectivity index (χ0n) is 6.36. The van der Waals surface area contributed by atoms with E-state index >= 15 is 0 Å². The molecule has 0 radical (unpaired) electrons. The van der Waals surface area contributed by atoms with Gasteiger partial charge < -0.3 is 5.32 Å². The number of hydrogen-bond donors (Lipinski definition) is 1. The third kappa shape index (κ3) is 7.69. The molecule has 0 spiro atoms. The number of nitrogens with one attached hydrogen (secondary N) is 1. The van der Waals surface area contributed by atoms with Gasteiger partial charge >= 0.3 is 0 Å². The molecule has 0 aromatic heterocycles. The maximum absolute atomic E-state index is 10.8. The van der Waals surface area contributed by atoms with E-state index in [4.69, 9.17) is 23.2 Å². The molecule has 0 aliphatic carbocycles. The second kappa shape index (κ2) is 6.50. The molecule has 0 aliphatic heterocycles. The van der Waals surface area contributed by atoms with Crippen molar-refractivity contribution in [3.63, 3.8) is 0 Å². The van der Waals surface area contributed by atoms with Crippen molar-refractivity contribution < 1.29 is 4.79 Å². The maximum Gasteiger partial charge on any atom is 0.223 e. The molecule has 2 nitrogen and oxygen atoms in total. The normalized spacial score (nSPS) is 9.00. The van der Waals surface area contributed by atoms with E-state index in [2.05, 4.69) is 5.32 Å². The lowest BCUT2D eigenvalue weighted by atomic mass is 10.2. The Bertz CT molecular complexity index is 153. The molecule has 4 heteroatoms. The van der Waals surface area contributed by atoms with E-state index in [1.165, 1.54) is 6.20 Å². The Morgan fingerprint density at radius 1 is 1.55 bits per heavy atom. The molecule has 1 N–H and O–H groups in total. The minimum absolute atomic E-state index is 0.0503. The van der Waals surface area contributed by atoms with Crippen molar-refractivity contribution in [2.45, 2.75) is 26.2 Å². The summed E-state index contributed by atoms with van der Waals surface area (Å²) in [4.78, 5) is 10.8. The van der Waals surface area contributed by atoms with Crippen LogP contribution in [0.4, 0.5) is 0 Å². The molecular weight excluding hydrogens is 185 g/mol. The third-order valence-corrected chi connectivity index (χ3v) is 1.32. The molecular formula is C7H11Cl2NO. The summed E-state index contributed by atoms with van der Waals surface area (Å²) in [5.41, 5.74) is 0. The molecule has 64 valence electrons. The molecule has 0 heterocycles. The van der Waals surface area contributed by atoms with Crippen LogP contribution in [-0.2, 0) is 4.79 Å². The lowest BCUT2D eigenvalue weighted by molar-refractivity contribution is -0.120. The number of carbonyl (C=O) groups excluding carboxylic acids is 1. The van der Waals surface area contributed by atoms with Crippen LogP contribution in [0.1, 0.15) is 26.2 Å². The van der Waals surface area contributed by atoms with Gasteiger partial charge in [0.25, 0.3) is 0 Å². The molecule has 0 rings (SSSR count). The highest BCUT2D eigenvalue weighted by atomic mass is 35.5. The van der Waals surface area contributed by atoms with Gasteiger partial charge in [0.05, 0.1) is 0 Å². The van der Waals surface area contributed by atoms with Gasteiger partial charge in [-0.1, -0.05) is 36.5 Å². The zero-order chi connectivity index (χ0) is 8.69. The number of hydrogen-bond acceptors (Lipinski definition) is 1. The Hall–Kier alpha value is -0.210. The van der Waals surface area contributed by atoms with Crippen molar-refractivity contribution in [2.75, 3.05) is 0 Å². The predicted octanol–water partition coefficient (Wildman–Crippen LogP) is 2.57. The molecule has 0 bridgehead atoms. The Morgan fingerprint density at radius 2 is 2.18 bits per heavy atom. The summed E-state index contributed by atoms with van der Waals surface area (Å²) >= 11 is 10.5. The Labute approximate surface area is 76.6 Å². The van der Waals surface area contributed by atoms with Crippen LogP contribution in [0.2, 0.25) is 0 Å². The highest BCUT2D eigenvalue weighted by molar-refractivity contribution is 6.55. The van der Waals surface area contributed by atoms with E-state index in [1.54, 1.807) is 0 Å². The smallest absolute Gasteiger partial charge is 0.223 e. The standard InChI is InChI=1S/C7H11Cl2NO/c1-2-3-4-7(11)10-5-6(8)9/h5H,2-4H2,1H3,(H,10,11). The van der Waals surface area contributed by atoms with E-state index in [0.717, 1.165) is 12.8 Å². The molecule has 0 fully saturated rings. The van der Waals surface area contributed by atoms with Gasteiger partial charge in [0, 0.05) is 12.6 Å². The average Bonchev–Trinajstić information content (AvgIpc) is 1.97. The van der Waals surface area contributed by atoms with Gasteiger partial charge in [-0.05, 0) is 6.42 Å². The van der Waals surface area contributed by atoms with Gasteiger partial charge in [-0.3, -0.25) is 4.79 Å². The van der Waals surface area contributed by atoms with Gasteiger partial charge in [0.15, 0.2) is 0 Å². The summed E-state index contributed by atoms with van der Waals surface area (Å²) in [7, 11) is 0. The molecule has 11 heavy (non-hydrogen) atoms. The van der Waals surface area contributed by atoms with Crippen molar-refractivity contribution in [1.82, 2.24) is 5.32 Å². The summed E-state index contributed by atoms with van der Waals surface area (Å²) in [6.07, 6.45) is 3.69. The number of halogens is 2. The SMILES string of the molecule is CCCCC(=O)NC=C(Cl)Cl. The van der Waals surface area contributed by atoms with E-state index in [0.29, 0.717) is 6.42 Å². The summed E-state index contributed by atoms with van der Waals surface area (Å²) in [5, 5.41) is 2.45. The van der Waals surface area contributed by atoms with Crippen molar-refractivity contribution in [3.05, 3.63) is 10.7 Å². The fraction of sp³-hybridized carbons (Fsp3) is 0.571. The second-order valence-electron chi connectivity index (χ2n) is 2.11. The van der Waals surface area contributed by atoms with Crippen LogP contribution in [0.3, 0.4) is 0 Å². The summed E-state index contributed by atoms with van der Waals surface area (Å²) in [6, 6.07) is 0. The summed E-state index contributed by atoms with van der Waals surface area (Å²) < 4.78 is 0.0647. The average molecular weight is 196 g/mol. The van der Waals surface area contributed by atoms with E-state index in [1.807, 2.05) is 6.92 Å². The van der Waals surface area contributed by atoms with Crippen molar-refractivity contribution in [3.8, 4) is 0 Å². The molecule has 0 unspecified atom stereocenters. The summed E-state index contributed by atoms with van der Waals surface area (Å²) in [5.74, 6) is -0.0503. The van der Waals surface area contributed by atoms with Crippen molar-refractivity contribution in [2.24, 2.45) is 0 Å². The van der Waals surface area contributed by atoms with Crippen molar-refractivity contribution >= 4 is 29.1 Å². The number of unbranched alkanes of at least 4 members (excludes halogenated alkanes) is 1. The molecule has 0 saturated carbocycles. The van der Waals surface area contributed by atoms with Gasteiger partial charge in [-0.25, -0.2) is 0 Å². The third-order valence-electron chi connectivity index (χ3n) is 1.10. The molecule has 0 atom stereocenters. The molecule has 0 aliphatic rings. The number of amides is 1. The highest BCUT2D eigenvalue weighted by Gasteiger charge is 1.96. The number of rotatable bonds is 4. The molecule has 0 aromatic carbocycles. The van der Waals surface area contributed by atoms with Crippen LogP contribution < -0.4 is 5.32 Å². The van der Waals surface area contributed by atoms with Gasteiger partial charge in [0.2, 0.25) is 5.91 Å². The summed E-state index contributed by atoms with van der Waals surface area (Å²) in [6.45, 7) is 2.03. The van der Waals surface area contributed by atoms with Crippen molar-refractivity contribution in [1.29, 1.82) is 0 Å². The van der Waals surface area contributed by atoms with E-state index in [9.17, 15) is 4.79 Å². The Kier molecular flexibility index (Phi) is 6.37. The van der Waals surface area contributed by atoms with Gasteiger partial charge in [-0.2, -0.15) is 0 Å². The first-order chi connectivity index (χ1) is 5.16. The topological polar surface area (TPSA) is 29.1 Å². The zero-order valence-corrected chi connectivity index (χ0v) is 7.87. The number of carbonyl (C=O) groups is 1. The first kappa shape index (κ1) is 10.8. The highest BCUT2D eigenvalue weighted by Crippen LogP contribution is 2.03. The maximum atomic E-state index is 10.8. The second-order valence-corrected chi connectivity index (χ2v) is 3.11. The first-order valence-corrected chi connectivity index (χ1v) is 4.23. The Morgan fingerprint density at radius 3 is 2.64 bits per heavy atom. The fourth-order valence-electron chi connectivity index (χ4n) is 0.545. The van der Waals surface area contributed by atoms with Crippen LogP contribution >= 0.6 is 23.2 Å². The Balaban J connectivity index is 3.45. The lowest BCUT2D eigenvalue weighted by Gasteiger charge is -1.96. The quantitative estimate of drug-likeness (QED) is 0.735. The van der Waals surface area contributed by atoms with Gasteiger partial charge in [0.1, 0.15) is 4.49 Å². The molecule has 0 aromatic rings. The van der Waals surface area contributed by atoms with E-state index in [-0.39, 0.29) is 10.4 Å². The minimum atomic E-state index is -0.0503. The van der Waals surface area contributed by atoms with Crippen LogP contribution in [0.5, 0.6) is 0 Å². The lowest BCUT2D eigenvalue weighted by Crippen LogP contribution is -2.16. The van der Waals surface area contributed by atoms with Crippen LogP contribution in [0, 0.1) is 0 Å². The largest absolute Gasteiger partial charge is 0.330 e. The van der Waals surface area contributed by atoms with Crippen LogP contribution in [0.25, 0.3) is 0 Å². The van der Waals surface area contributed by atoms with Crippen LogP contribution in [0.15, 0.2) is 10.7 Å². The fourth-order valence-corrected chi connectivity index (χ4v) is 0.654. The molecule has 1 amide bonds. The van der Waals surface area contributed by atoms with Gasteiger partial charge in [-0.15, -0.1) is 0 Å². The molecule has 0 saturated heterocycles. The first-order valence-electron chi connectivity index (χ1n) is 3.47. The van der Waals surface area contributed by atoms with Crippen LogP contribution in [-0.4, -0.2) is 5.91 Å². The minimum Gasteiger partial charge on any atom is -0.330 e. The predicted molar refractivity (Wildman–Crippen MR) is 47.5 cm³/mol. The van der Waals surface area contributed by atoms with E-state index < -0.39 is 0 Å².